The molecular weight excluding hydrogens is 486 g/mol. The van der Waals surface area contributed by atoms with Crippen molar-refractivity contribution >= 4 is 44.2 Å². The van der Waals surface area contributed by atoms with Crippen LogP contribution in [-0.2, 0) is 26.2 Å². The van der Waals surface area contributed by atoms with Crippen LogP contribution in [0.5, 0.6) is 0 Å². The van der Waals surface area contributed by atoms with Crippen LogP contribution in [0.15, 0.2) is 71.6 Å². The second-order valence-corrected chi connectivity index (χ2v) is 10.9. The second-order valence-electron chi connectivity index (χ2n) is 8.39. The lowest BCUT2D eigenvalue weighted by atomic mass is 10.1. The van der Waals surface area contributed by atoms with E-state index in [9.17, 15) is 18.0 Å². The Morgan fingerprint density at radius 2 is 1.66 bits per heavy atom. The van der Waals surface area contributed by atoms with Crippen LogP contribution in [0, 0.1) is 0 Å². The van der Waals surface area contributed by atoms with Crippen LogP contribution in [0.25, 0.3) is 10.8 Å². The summed E-state index contributed by atoms with van der Waals surface area (Å²) in [6.45, 7) is 3.79. The fraction of sp³-hybridized carbons (Fsp3) is 0.308. The molecule has 3 rings (SSSR count). The Labute approximate surface area is 211 Å². The van der Waals surface area contributed by atoms with Crippen molar-refractivity contribution in [2.75, 3.05) is 20.1 Å². The number of nitrogens with zero attached hydrogens (tertiary/aromatic N) is 2. The van der Waals surface area contributed by atoms with E-state index in [1.54, 1.807) is 43.3 Å². The van der Waals surface area contributed by atoms with E-state index < -0.39 is 28.5 Å². The van der Waals surface area contributed by atoms with E-state index in [1.807, 2.05) is 31.2 Å². The van der Waals surface area contributed by atoms with Gasteiger partial charge in [0.2, 0.25) is 21.8 Å². The molecule has 0 bridgehead atoms. The zero-order chi connectivity index (χ0) is 25.6. The maximum atomic E-state index is 13.3. The van der Waals surface area contributed by atoms with Crippen LogP contribution < -0.4 is 5.32 Å². The minimum atomic E-state index is -3.93. The summed E-state index contributed by atoms with van der Waals surface area (Å²) in [6.07, 6.45) is 0.760. The molecule has 0 radical (unpaired) electrons. The predicted molar refractivity (Wildman–Crippen MR) is 139 cm³/mol. The van der Waals surface area contributed by atoms with Crippen LogP contribution in [0.2, 0.25) is 5.02 Å². The average molecular weight is 516 g/mol. The summed E-state index contributed by atoms with van der Waals surface area (Å²) in [5.74, 6) is -0.778. The number of sulfonamides is 1. The van der Waals surface area contributed by atoms with Gasteiger partial charge < -0.3 is 10.2 Å². The van der Waals surface area contributed by atoms with Crippen molar-refractivity contribution in [1.82, 2.24) is 14.5 Å². The standard InChI is InChI=1S/C26H30ClN3O4S/c1-4-15-28-26(32)19(2)30(17-20-9-12-23(27)13-10-20)25(31)18-29(3)35(33,34)24-14-11-21-7-5-6-8-22(21)16-24/h5-14,16,19H,4,15,17-18H2,1-3H3,(H,28,32)/t19-/m0/s1. The number of halogens is 1. The van der Waals surface area contributed by atoms with E-state index in [4.69, 9.17) is 11.6 Å². The monoisotopic (exact) mass is 515 g/mol. The summed E-state index contributed by atoms with van der Waals surface area (Å²) in [5.41, 5.74) is 0.776. The molecule has 2 amide bonds. The van der Waals surface area contributed by atoms with Crippen molar-refractivity contribution in [1.29, 1.82) is 0 Å². The van der Waals surface area contributed by atoms with E-state index >= 15 is 0 Å². The third-order valence-corrected chi connectivity index (χ3v) is 7.82. The normalized spacial score (nSPS) is 12.5. The lowest BCUT2D eigenvalue weighted by Crippen LogP contribution is -2.50. The molecule has 0 aliphatic rings. The maximum absolute atomic E-state index is 13.3. The van der Waals surface area contributed by atoms with Crippen molar-refractivity contribution in [2.24, 2.45) is 0 Å². The Morgan fingerprint density at radius 3 is 2.31 bits per heavy atom. The third-order valence-electron chi connectivity index (χ3n) is 5.77. The van der Waals surface area contributed by atoms with Crippen molar-refractivity contribution in [2.45, 2.75) is 37.8 Å². The van der Waals surface area contributed by atoms with Gasteiger partial charge in [0.15, 0.2) is 0 Å². The molecule has 0 saturated heterocycles. The highest BCUT2D eigenvalue weighted by Gasteiger charge is 2.30. The van der Waals surface area contributed by atoms with Gasteiger partial charge in [-0.3, -0.25) is 9.59 Å². The van der Waals surface area contributed by atoms with Crippen LogP contribution in [0.3, 0.4) is 0 Å². The summed E-state index contributed by atoms with van der Waals surface area (Å²) in [6, 6.07) is 18.5. The molecule has 0 aromatic heterocycles. The number of likely N-dealkylation sites (N-methyl/N-ethyl adjacent to an activating group) is 1. The second kappa shape index (κ2) is 11.7. The largest absolute Gasteiger partial charge is 0.354 e. The molecule has 186 valence electrons. The highest BCUT2D eigenvalue weighted by Crippen LogP contribution is 2.22. The first-order chi connectivity index (χ1) is 16.6. The van der Waals surface area contributed by atoms with E-state index in [0.29, 0.717) is 11.6 Å². The van der Waals surface area contributed by atoms with Crippen molar-refractivity contribution < 1.29 is 18.0 Å². The fourth-order valence-corrected chi connectivity index (χ4v) is 4.92. The van der Waals surface area contributed by atoms with Gasteiger partial charge >= 0.3 is 0 Å². The van der Waals surface area contributed by atoms with Gasteiger partial charge in [-0.15, -0.1) is 0 Å². The number of rotatable bonds is 10. The molecule has 1 atom stereocenters. The van der Waals surface area contributed by atoms with E-state index in [1.165, 1.54) is 18.0 Å². The molecule has 1 N–H and O–H groups in total. The van der Waals surface area contributed by atoms with Gasteiger partial charge in [0.25, 0.3) is 0 Å². The molecule has 35 heavy (non-hydrogen) atoms. The Bertz CT molecular complexity index is 1300. The maximum Gasteiger partial charge on any atom is 0.243 e. The van der Waals surface area contributed by atoms with Gasteiger partial charge in [-0.1, -0.05) is 61.0 Å². The Hall–Kier alpha value is -2.94. The van der Waals surface area contributed by atoms with Crippen molar-refractivity contribution in [3.8, 4) is 0 Å². The molecule has 0 spiro atoms. The summed E-state index contributed by atoms with van der Waals surface area (Å²) in [7, 11) is -2.56. The summed E-state index contributed by atoms with van der Waals surface area (Å²) < 4.78 is 27.5. The molecule has 0 aliphatic carbocycles. The van der Waals surface area contributed by atoms with Crippen LogP contribution in [0.1, 0.15) is 25.8 Å². The van der Waals surface area contributed by atoms with Gasteiger partial charge in [0.05, 0.1) is 11.4 Å². The quantitative estimate of drug-likeness (QED) is 0.441. The minimum absolute atomic E-state index is 0.101. The number of hydrogen-bond donors (Lipinski definition) is 1. The Kier molecular flexibility index (Phi) is 8.88. The smallest absolute Gasteiger partial charge is 0.243 e. The lowest BCUT2D eigenvalue weighted by Gasteiger charge is -2.30. The van der Waals surface area contributed by atoms with E-state index in [-0.39, 0.29) is 17.3 Å². The van der Waals surface area contributed by atoms with Crippen LogP contribution >= 0.6 is 11.6 Å². The molecule has 0 fully saturated rings. The summed E-state index contributed by atoms with van der Waals surface area (Å²) in [4.78, 5) is 27.5. The third kappa shape index (κ3) is 6.60. The summed E-state index contributed by atoms with van der Waals surface area (Å²) >= 11 is 5.98. The first-order valence-corrected chi connectivity index (χ1v) is 13.2. The minimum Gasteiger partial charge on any atom is -0.354 e. The molecule has 0 aliphatic heterocycles. The summed E-state index contributed by atoms with van der Waals surface area (Å²) in [5, 5.41) is 5.07. The first kappa shape index (κ1) is 26.7. The fourth-order valence-electron chi connectivity index (χ4n) is 3.64. The van der Waals surface area contributed by atoms with E-state index in [0.717, 1.165) is 27.1 Å². The zero-order valence-electron chi connectivity index (χ0n) is 20.1. The molecule has 0 saturated carbocycles. The van der Waals surface area contributed by atoms with Crippen molar-refractivity contribution in [3.05, 3.63) is 77.3 Å². The molecule has 0 heterocycles. The van der Waals surface area contributed by atoms with Crippen LogP contribution in [-0.4, -0.2) is 55.6 Å². The molecule has 3 aromatic rings. The topological polar surface area (TPSA) is 86.8 Å². The number of fused-ring (bicyclic) bond motifs is 1. The predicted octanol–water partition coefficient (Wildman–Crippen LogP) is 4.06. The molecule has 3 aromatic carbocycles. The Balaban J connectivity index is 1.83. The zero-order valence-corrected chi connectivity index (χ0v) is 21.6. The van der Waals surface area contributed by atoms with Gasteiger partial charge in [0, 0.05) is 25.2 Å². The van der Waals surface area contributed by atoms with Crippen molar-refractivity contribution in [3.63, 3.8) is 0 Å². The van der Waals surface area contributed by atoms with Crippen LogP contribution in [0.4, 0.5) is 0 Å². The number of hydrogen-bond acceptors (Lipinski definition) is 4. The first-order valence-electron chi connectivity index (χ1n) is 11.4. The Morgan fingerprint density at radius 1 is 1.00 bits per heavy atom. The molecule has 0 unspecified atom stereocenters. The van der Waals surface area contributed by atoms with Gasteiger partial charge in [-0.25, -0.2) is 8.42 Å². The van der Waals surface area contributed by atoms with Gasteiger partial charge in [-0.2, -0.15) is 4.31 Å². The SMILES string of the molecule is CCCNC(=O)[C@H](C)N(Cc1ccc(Cl)cc1)C(=O)CN(C)S(=O)(=O)c1ccc2ccccc2c1. The number of carbonyl (C=O) groups is 2. The highest BCUT2D eigenvalue weighted by molar-refractivity contribution is 7.89. The van der Waals surface area contributed by atoms with Gasteiger partial charge in [-0.05, 0) is 53.9 Å². The lowest BCUT2D eigenvalue weighted by molar-refractivity contribution is -0.140. The molecule has 9 heteroatoms. The number of benzene rings is 3. The van der Waals surface area contributed by atoms with Gasteiger partial charge in [0.1, 0.15) is 6.04 Å². The highest BCUT2D eigenvalue weighted by atomic mass is 35.5. The molecule has 7 nitrogen and oxygen atoms in total. The van der Waals surface area contributed by atoms with E-state index in [2.05, 4.69) is 5.32 Å². The average Bonchev–Trinajstić information content (AvgIpc) is 2.85. The number of nitrogens with one attached hydrogen (secondary N) is 1. The molecular formula is C26H30ClN3O4S. The number of amides is 2. The number of carbonyl (C=O) groups excluding carboxylic acids is 2.